The molecule has 5 heteroatoms. The number of ether oxygens (including phenoxy) is 1. The van der Waals surface area contributed by atoms with Crippen LogP contribution in [-0.4, -0.2) is 31.4 Å². The van der Waals surface area contributed by atoms with E-state index in [1.54, 1.807) is 24.3 Å². The summed E-state index contributed by atoms with van der Waals surface area (Å²) >= 11 is 0. The van der Waals surface area contributed by atoms with Gasteiger partial charge in [-0.3, -0.25) is 9.59 Å². The van der Waals surface area contributed by atoms with Gasteiger partial charge in [-0.1, -0.05) is 12.1 Å². The Balaban J connectivity index is 1.57. The highest BCUT2D eigenvalue weighted by atomic mass is 16.5. The maximum absolute atomic E-state index is 12.1. The minimum Gasteiger partial charge on any atom is -0.484 e. The molecule has 0 aliphatic carbocycles. The van der Waals surface area contributed by atoms with Gasteiger partial charge in [-0.05, 0) is 62.6 Å². The average Bonchev–Trinajstić information content (AvgIpc) is 3.14. The highest BCUT2D eigenvalue weighted by Crippen LogP contribution is 2.26. The smallest absolute Gasteiger partial charge is 0.262 e. The molecule has 0 bridgehead atoms. The van der Waals surface area contributed by atoms with E-state index in [4.69, 9.17) is 4.74 Å². The molecule has 1 heterocycles. The van der Waals surface area contributed by atoms with Crippen LogP contribution in [0.15, 0.2) is 42.5 Å². The first-order chi connectivity index (χ1) is 12.5. The molecule has 1 fully saturated rings. The van der Waals surface area contributed by atoms with Crippen LogP contribution < -0.4 is 15.0 Å². The average molecular weight is 352 g/mol. The van der Waals surface area contributed by atoms with Crippen LogP contribution in [0.3, 0.4) is 0 Å². The van der Waals surface area contributed by atoms with Crippen molar-refractivity contribution in [1.82, 2.24) is 0 Å². The zero-order valence-corrected chi connectivity index (χ0v) is 15.2. The molecule has 0 spiro atoms. The minimum atomic E-state index is -0.230. The van der Waals surface area contributed by atoms with Crippen LogP contribution >= 0.6 is 0 Å². The summed E-state index contributed by atoms with van der Waals surface area (Å²) in [5.74, 6) is 0.244. The van der Waals surface area contributed by atoms with Gasteiger partial charge < -0.3 is 15.0 Å². The number of aryl methyl sites for hydroxylation is 1. The van der Waals surface area contributed by atoms with Crippen LogP contribution in [0.4, 0.5) is 11.4 Å². The number of rotatable bonds is 6. The highest BCUT2D eigenvalue weighted by Gasteiger charge is 2.14. The normalized spacial score (nSPS) is 13.5. The molecule has 5 nitrogen and oxygen atoms in total. The summed E-state index contributed by atoms with van der Waals surface area (Å²) in [7, 11) is 0. The zero-order valence-electron chi connectivity index (χ0n) is 15.2. The van der Waals surface area contributed by atoms with Crippen LogP contribution in [0.5, 0.6) is 5.75 Å². The lowest BCUT2D eigenvalue weighted by atomic mass is 10.1. The van der Waals surface area contributed by atoms with Crippen molar-refractivity contribution in [3.8, 4) is 5.75 Å². The summed E-state index contributed by atoms with van der Waals surface area (Å²) in [6.07, 6.45) is 2.47. The number of Topliss-reactive ketones (excluding diaryl/α,β-unsaturated/α-hetero) is 1. The van der Waals surface area contributed by atoms with Crippen LogP contribution in [0, 0.1) is 6.92 Å². The van der Waals surface area contributed by atoms with Crippen molar-refractivity contribution in [1.29, 1.82) is 0 Å². The number of ketones is 1. The van der Waals surface area contributed by atoms with Gasteiger partial charge in [-0.25, -0.2) is 0 Å². The molecule has 2 aromatic rings. The van der Waals surface area contributed by atoms with Gasteiger partial charge in [-0.2, -0.15) is 0 Å². The molecule has 0 radical (unpaired) electrons. The lowest BCUT2D eigenvalue weighted by Crippen LogP contribution is -2.21. The lowest BCUT2D eigenvalue weighted by molar-refractivity contribution is -0.118. The lowest BCUT2D eigenvalue weighted by Gasteiger charge is -2.20. The SMILES string of the molecule is CC(=O)c1cccc(OCC(=O)Nc2ccc(N3CCCC3)c(C)c2)c1. The molecule has 1 aliphatic heterocycles. The Labute approximate surface area is 154 Å². The topological polar surface area (TPSA) is 58.6 Å². The summed E-state index contributed by atoms with van der Waals surface area (Å²) < 4.78 is 5.49. The van der Waals surface area contributed by atoms with Gasteiger partial charge in [-0.15, -0.1) is 0 Å². The molecule has 0 atom stereocenters. The second-order valence-electron chi connectivity index (χ2n) is 6.62. The van der Waals surface area contributed by atoms with Gasteiger partial charge in [0.25, 0.3) is 5.91 Å². The summed E-state index contributed by atoms with van der Waals surface area (Å²) in [5, 5.41) is 2.86. The zero-order chi connectivity index (χ0) is 18.5. The van der Waals surface area contributed by atoms with Crippen LogP contribution in [0.1, 0.15) is 35.7 Å². The maximum Gasteiger partial charge on any atom is 0.262 e. The first kappa shape index (κ1) is 18.0. The molecule has 1 amide bonds. The van der Waals surface area contributed by atoms with E-state index in [1.807, 2.05) is 12.1 Å². The Morgan fingerprint density at radius 2 is 1.88 bits per heavy atom. The van der Waals surface area contributed by atoms with Crippen molar-refractivity contribution in [2.45, 2.75) is 26.7 Å². The van der Waals surface area contributed by atoms with Gasteiger partial charge in [0, 0.05) is 30.0 Å². The Hall–Kier alpha value is -2.82. The molecule has 0 aromatic heterocycles. The van der Waals surface area contributed by atoms with Crippen molar-refractivity contribution in [2.24, 2.45) is 0 Å². The standard InChI is InChI=1S/C21H24N2O3/c1-15-12-18(8-9-20(15)23-10-3-4-11-23)22-21(25)14-26-19-7-5-6-17(13-19)16(2)24/h5-9,12-13H,3-4,10-11,14H2,1-2H3,(H,22,25). The Kier molecular flexibility index (Phi) is 5.56. The number of benzene rings is 2. The molecule has 26 heavy (non-hydrogen) atoms. The van der Waals surface area contributed by atoms with Crippen LogP contribution in [0.25, 0.3) is 0 Å². The van der Waals surface area contributed by atoms with E-state index in [2.05, 4.69) is 23.2 Å². The Morgan fingerprint density at radius 3 is 2.58 bits per heavy atom. The number of carbonyl (C=O) groups excluding carboxylic acids is 2. The van der Waals surface area contributed by atoms with Gasteiger partial charge in [0.15, 0.2) is 12.4 Å². The summed E-state index contributed by atoms with van der Waals surface area (Å²) in [6, 6.07) is 12.8. The molecule has 0 saturated carbocycles. The second-order valence-corrected chi connectivity index (χ2v) is 6.62. The molecule has 0 unspecified atom stereocenters. The fourth-order valence-corrected chi connectivity index (χ4v) is 3.20. The number of amides is 1. The number of carbonyl (C=O) groups is 2. The summed E-state index contributed by atoms with van der Waals surface area (Å²) in [5.41, 5.74) is 3.71. The number of hydrogen-bond acceptors (Lipinski definition) is 4. The fraction of sp³-hybridized carbons (Fsp3) is 0.333. The number of nitrogens with zero attached hydrogens (tertiary/aromatic N) is 1. The van der Waals surface area contributed by atoms with Crippen molar-refractivity contribution >= 4 is 23.1 Å². The number of nitrogens with one attached hydrogen (secondary N) is 1. The largest absolute Gasteiger partial charge is 0.484 e. The molecule has 3 rings (SSSR count). The van der Waals surface area contributed by atoms with E-state index < -0.39 is 0 Å². The maximum atomic E-state index is 12.1. The third-order valence-corrected chi connectivity index (χ3v) is 4.54. The Morgan fingerprint density at radius 1 is 1.12 bits per heavy atom. The molecule has 1 N–H and O–H groups in total. The van der Waals surface area contributed by atoms with Gasteiger partial charge in [0.05, 0.1) is 0 Å². The summed E-state index contributed by atoms with van der Waals surface area (Å²) in [4.78, 5) is 25.9. The third kappa shape index (κ3) is 4.42. The molecule has 1 aliphatic rings. The van der Waals surface area contributed by atoms with Crippen LogP contribution in [-0.2, 0) is 4.79 Å². The van der Waals surface area contributed by atoms with Crippen molar-refractivity contribution in [2.75, 3.05) is 29.9 Å². The van der Waals surface area contributed by atoms with Crippen molar-refractivity contribution < 1.29 is 14.3 Å². The molecule has 136 valence electrons. The van der Waals surface area contributed by atoms with E-state index in [9.17, 15) is 9.59 Å². The first-order valence-corrected chi connectivity index (χ1v) is 8.92. The predicted molar refractivity (Wildman–Crippen MR) is 103 cm³/mol. The fourth-order valence-electron chi connectivity index (χ4n) is 3.20. The highest BCUT2D eigenvalue weighted by molar-refractivity contribution is 5.94. The van der Waals surface area contributed by atoms with E-state index in [-0.39, 0.29) is 18.3 Å². The quantitative estimate of drug-likeness (QED) is 0.803. The first-order valence-electron chi connectivity index (χ1n) is 8.92. The summed E-state index contributed by atoms with van der Waals surface area (Å²) in [6.45, 7) is 5.65. The molecule has 2 aromatic carbocycles. The van der Waals surface area contributed by atoms with E-state index in [0.717, 1.165) is 24.3 Å². The molecular formula is C21H24N2O3. The third-order valence-electron chi connectivity index (χ3n) is 4.54. The number of hydrogen-bond donors (Lipinski definition) is 1. The van der Waals surface area contributed by atoms with Crippen molar-refractivity contribution in [3.05, 3.63) is 53.6 Å². The van der Waals surface area contributed by atoms with E-state index in [0.29, 0.717) is 11.3 Å². The molecular weight excluding hydrogens is 328 g/mol. The van der Waals surface area contributed by atoms with Gasteiger partial charge in [0.2, 0.25) is 0 Å². The second kappa shape index (κ2) is 8.04. The predicted octanol–water partition coefficient (Wildman–Crippen LogP) is 3.82. The van der Waals surface area contributed by atoms with E-state index in [1.165, 1.54) is 25.5 Å². The van der Waals surface area contributed by atoms with E-state index >= 15 is 0 Å². The van der Waals surface area contributed by atoms with Crippen molar-refractivity contribution in [3.63, 3.8) is 0 Å². The number of anilines is 2. The van der Waals surface area contributed by atoms with Gasteiger partial charge in [0.1, 0.15) is 5.75 Å². The monoisotopic (exact) mass is 352 g/mol. The minimum absolute atomic E-state index is 0.0338. The molecule has 1 saturated heterocycles. The van der Waals surface area contributed by atoms with Gasteiger partial charge >= 0.3 is 0 Å². The Bertz CT molecular complexity index is 811. The van der Waals surface area contributed by atoms with Crippen LogP contribution in [0.2, 0.25) is 0 Å².